The number of benzene rings is 1. The number of halogens is 3. The zero-order valence-corrected chi connectivity index (χ0v) is 12.3. The number of ether oxygens (including phenoxy) is 1. The van der Waals surface area contributed by atoms with Crippen LogP contribution >= 0.6 is 46.6 Å². The average molecular weight is 362 g/mol. The van der Waals surface area contributed by atoms with Crippen molar-refractivity contribution in [2.75, 3.05) is 6.61 Å². The van der Waals surface area contributed by atoms with Gasteiger partial charge in [0.1, 0.15) is 12.4 Å². The highest BCUT2D eigenvalue weighted by molar-refractivity contribution is 14.1. The van der Waals surface area contributed by atoms with Crippen LogP contribution in [-0.4, -0.2) is 12.1 Å². The predicted octanol–water partition coefficient (Wildman–Crippen LogP) is 3.48. The molecule has 1 aromatic rings. The van der Waals surface area contributed by atoms with E-state index in [1.54, 1.807) is 0 Å². The lowest BCUT2D eigenvalue weighted by molar-refractivity contribution is 0.242. The van der Waals surface area contributed by atoms with Crippen LogP contribution in [-0.2, 0) is 0 Å². The summed E-state index contributed by atoms with van der Waals surface area (Å²) in [5, 5.41) is 0.716. The molecule has 0 atom stereocenters. The minimum atomic E-state index is -0.317. The summed E-state index contributed by atoms with van der Waals surface area (Å²) < 4.78 is 6.56. The molecule has 0 aliphatic carbocycles. The largest absolute Gasteiger partial charge is 0.491 e. The first-order valence-electron chi connectivity index (χ1n) is 4.25. The molecule has 5 heteroatoms. The van der Waals surface area contributed by atoms with Gasteiger partial charge in [-0.1, -0.05) is 11.6 Å². The van der Waals surface area contributed by atoms with Crippen LogP contribution in [0.3, 0.4) is 0 Å². The van der Waals surface area contributed by atoms with Crippen molar-refractivity contribution in [3.63, 3.8) is 0 Å². The van der Waals surface area contributed by atoms with E-state index in [2.05, 4.69) is 22.6 Å². The lowest BCUT2D eigenvalue weighted by Gasteiger charge is -2.19. The van der Waals surface area contributed by atoms with Crippen molar-refractivity contribution in [3.05, 3.63) is 26.8 Å². The molecule has 0 amide bonds. The molecule has 0 saturated carbocycles. The van der Waals surface area contributed by atoms with Gasteiger partial charge in [0, 0.05) is 10.6 Å². The highest BCUT2D eigenvalue weighted by atomic mass is 127. The van der Waals surface area contributed by atoms with Crippen LogP contribution in [0.5, 0.6) is 5.75 Å². The summed E-state index contributed by atoms with van der Waals surface area (Å²) in [5.74, 6) is 0.827. The van der Waals surface area contributed by atoms with E-state index < -0.39 is 0 Å². The average Bonchev–Trinajstić information content (AvgIpc) is 2.00. The molecule has 2 nitrogen and oxygen atoms in total. The Morgan fingerprint density at radius 2 is 2.07 bits per heavy atom. The lowest BCUT2D eigenvalue weighted by Crippen LogP contribution is -2.38. The van der Waals surface area contributed by atoms with Crippen molar-refractivity contribution in [1.29, 1.82) is 0 Å². The van der Waals surface area contributed by atoms with E-state index in [9.17, 15) is 0 Å². The third-order valence-electron chi connectivity index (χ3n) is 1.49. The van der Waals surface area contributed by atoms with Crippen LogP contribution in [0.2, 0.25) is 5.02 Å². The molecule has 86 valence electrons. The Balaban J connectivity index is 0.00000196. The van der Waals surface area contributed by atoms with Gasteiger partial charge < -0.3 is 10.5 Å². The van der Waals surface area contributed by atoms with Crippen molar-refractivity contribution in [1.82, 2.24) is 0 Å². The second kappa shape index (κ2) is 6.13. The molecule has 0 spiro atoms. The summed E-state index contributed by atoms with van der Waals surface area (Å²) in [4.78, 5) is 0. The molecule has 2 N–H and O–H groups in total. The predicted molar refractivity (Wildman–Crippen MR) is 75.2 cm³/mol. The number of nitrogens with two attached hydrogens (primary N) is 1. The Kier molecular flexibility index (Phi) is 6.25. The first-order valence-corrected chi connectivity index (χ1v) is 5.71. The van der Waals surface area contributed by atoms with E-state index in [1.165, 1.54) is 0 Å². The van der Waals surface area contributed by atoms with Crippen molar-refractivity contribution in [3.8, 4) is 5.75 Å². The molecule has 0 aliphatic heterocycles. The standard InChI is InChI=1S/C10H13ClINO.ClH/c1-10(2,13)6-14-9-4-3-7(11)5-8(9)12;/h3-5H,6,13H2,1-2H3;1H. The monoisotopic (exact) mass is 361 g/mol. The Morgan fingerprint density at radius 1 is 1.47 bits per heavy atom. The van der Waals surface area contributed by atoms with Crippen LogP contribution in [0, 0.1) is 3.57 Å². The molecular formula is C10H14Cl2INO. The van der Waals surface area contributed by atoms with Gasteiger partial charge in [0.15, 0.2) is 0 Å². The van der Waals surface area contributed by atoms with Gasteiger partial charge in [-0.05, 0) is 54.6 Å². The van der Waals surface area contributed by atoms with Crippen LogP contribution in [0.4, 0.5) is 0 Å². The van der Waals surface area contributed by atoms with E-state index in [4.69, 9.17) is 22.1 Å². The van der Waals surface area contributed by atoms with Crippen molar-refractivity contribution in [2.24, 2.45) is 5.73 Å². The third kappa shape index (κ3) is 5.80. The third-order valence-corrected chi connectivity index (χ3v) is 2.57. The van der Waals surface area contributed by atoms with Gasteiger partial charge in [-0.15, -0.1) is 12.4 Å². The Morgan fingerprint density at radius 3 is 2.53 bits per heavy atom. The first kappa shape index (κ1) is 15.3. The molecular weight excluding hydrogens is 348 g/mol. The maximum Gasteiger partial charge on any atom is 0.132 e. The first-order chi connectivity index (χ1) is 6.38. The van der Waals surface area contributed by atoms with E-state index in [0.29, 0.717) is 11.6 Å². The summed E-state index contributed by atoms with van der Waals surface area (Å²) in [6, 6.07) is 5.53. The van der Waals surface area contributed by atoms with E-state index in [1.807, 2.05) is 32.0 Å². The Labute approximate surface area is 115 Å². The lowest BCUT2D eigenvalue weighted by atomic mass is 10.1. The number of rotatable bonds is 3. The van der Waals surface area contributed by atoms with E-state index in [-0.39, 0.29) is 17.9 Å². The summed E-state index contributed by atoms with van der Waals surface area (Å²) in [5.41, 5.74) is 5.49. The second-order valence-electron chi connectivity index (χ2n) is 3.85. The maximum atomic E-state index is 5.82. The smallest absolute Gasteiger partial charge is 0.132 e. The fourth-order valence-electron chi connectivity index (χ4n) is 0.856. The van der Waals surface area contributed by atoms with Gasteiger partial charge in [0.2, 0.25) is 0 Å². The summed E-state index contributed by atoms with van der Waals surface area (Å²) in [6.45, 7) is 4.34. The molecule has 15 heavy (non-hydrogen) atoms. The van der Waals surface area contributed by atoms with Crippen LogP contribution in [0.15, 0.2) is 18.2 Å². The quantitative estimate of drug-likeness (QED) is 0.836. The number of hydrogen-bond acceptors (Lipinski definition) is 2. The van der Waals surface area contributed by atoms with Crippen molar-refractivity contribution >= 4 is 46.6 Å². The molecule has 0 unspecified atom stereocenters. The van der Waals surface area contributed by atoms with E-state index >= 15 is 0 Å². The van der Waals surface area contributed by atoms with Crippen LogP contribution in [0.25, 0.3) is 0 Å². The fraction of sp³-hybridized carbons (Fsp3) is 0.400. The normalized spacial score (nSPS) is 10.7. The zero-order valence-electron chi connectivity index (χ0n) is 8.59. The van der Waals surface area contributed by atoms with Gasteiger partial charge in [-0.2, -0.15) is 0 Å². The van der Waals surface area contributed by atoms with Crippen molar-refractivity contribution in [2.45, 2.75) is 19.4 Å². The Hall–Kier alpha value is 0.290. The molecule has 0 saturated heterocycles. The zero-order chi connectivity index (χ0) is 10.8. The second-order valence-corrected chi connectivity index (χ2v) is 5.45. The summed E-state index contributed by atoms with van der Waals surface area (Å²) >= 11 is 8.01. The van der Waals surface area contributed by atoms with Gasteiger partial charge in [0.05, 0.1) is 3.57 Å². The maximum absolute atomic E-state index is 5.82. The fourth-order valence-corrected chi connectivity index (χ4v) is 1.88. The highest BCUT2D eigenvalue weighted by Gasteiger charge is 2.12. The molecule has 0 radical (unpaired) electrons. The SMILES string of the molecule is CC(C)(N)COc1ccc(Cl)cc1I.Cl. The molecule has 0 bridgehead atoms. The molecule has 1 aromatic carbocycles. The van der Waals surface area contributed by atoms with Crippen LogP contribution in [0.1, 0.15) is 13.8 Å². The molecule has 0 heterocycles. The van der Waals surface area contributed by atoms with Gasteiger partial charge in [0.25, 0.3) is 0 Å². The van der Waals surface area contributed by atoms with Gasteiger partial charge in [-0.3, -0.25) is 0 Å². The van der Waals surface area contributed by atoms with Crippen molar-refractivity contribution < 1.29 is 4.74 Å². The summed E-state index contributed by atoms with van der Waals surface area (Å²) in [6.07, 6.45) is 0. The molecule has 1 rings (SSSR count). The molecule has 0 aliphatic rings. The Bertz CT molecular complexity index is 326. The van der Waals surface area contributed by atoms with E-state index in [0.717, 1.165) is 9.32 Å². The molecule has 0 aromatic heterocycles. The minimum absolute atomic E-state index is 0. The number of hydrogen-bond donors (Lipinski definition) is 1. The van der Waals surface area contributed by atoms with Gasteiger partial charge >= 0.3 is 0 Å². The van der Waals surface area contributed by atoms with Crippen LogP contribution < -0.4 is 10.5 Å². The van der Waals surface area contributed by atoms with Gasteiger partial charge in [-0.25, -0.2) is 0 Å². The minimum Gasteiger partial charge on any atom is -0.491 e. The summed E-state index contributed by atoms with van der Waals surface area (Å²) in [7, 11) is 0. The topological polar surface area (TPSA) is 35.2 Å². The highest BCUT2D eigenvalue weighted by Crippen LogP contribution is 2.24. The molecule has 0 fully saturated rings.